The molecule has 1 aliphatic rings. The summed E-state index contributed by atoms with van der Waals surface area (Å²) >= 11 is 3.24. The fourth-order valence-electron chi connectivity index (χ4n) is 1.75. The van der Waals surface area contributed by atoms with Gasteiger partial charge in [0.1, 0.15) is 12.4 Å². The van der Waals surface area contributed by atoms with Crippen molar-refractivity contribution in [1.29, 1.82) is 0 Å². The van der Waals surface area contributed by atoms with Crippen LogP contribution in [0, 0.1) is 0 Å². The molecular weight excluding hydrogens is 256 g/mol. The first-order valence-electron chi connectivity index (χ1n) is 4.79. The molecule has 3 heteroatoms. The number of hydrogen-bond acceptors (Lipinski definition) is 2. The van der Waals surface area contributed by atoms with E-state index in [-0.39, 0.29) is 5.78 Å². The van der Waals surface area contributed by atoms with Gasteiger partial charge in [0.05, 0.1) is 0 Å². The molecule has 0 aliphatic heterocycles. The molecule has 1 aromatic carbocycles. The Kier molecular flexibility index (Phi) is 2.91. The van der Waals surface area contributed by atoms with Gasteiger partial charge in [0, 0.05) is 22.0 Å². The molecule has 0 fully saturated rings. The summed E-state index contributed by atoms with van der Waals surface area (Å²) in [6, 6.07) is 5.61. The molecule has 15 heavy (non-hydrogen) atoms. The van der Waals surface area contributed by atoms with Gasteiger partial charge >= 0.3 is 0 Å². The molecular formula is C12H11BrO2. The highest BCUT2D eigenvalue weighted by Crippen LogP contribution is 2.30. The number of rotatable bonds is 3. The van der Waals surface area contributed by atoms with Crippen molar-refractivity contribution in [2.45, 2.75) is 12.8 Å². The van der Waals surface area contributed by atoms with Gasteiger partial charge in [-0.3, -0.25) is 4.79 Å². The van der Waals surface area contributed by atoms with Gasteiger partial charge < -0.3 is 4.74 Å². The van der Waals surface area contributed by atoms with Crippen molar-refractivity contribution in [2.24, 2.45) is 0 Å². The van der Waals surface area contributed by atoms with Gasteiger partial charge in [0.25, 0.3) is 0 Å². The summed E-state index contributed by atoms with van der Waals surface area (Å²) in [5, 5.41) is 0. The molecule has 78 valence electrons. The second-order valence-corrected chi connectivity index (χ2v) is 4.63. The van der Waals surface area contributed by atoms with E-state index < -0.39 is 0 Å². The zero-order valence-corrected chi connectivity index (χ0v) is 9.84. The highest BCUT2D eigenvalue weighted by molar-refractivity contribution is 9.11. The van der Waals surface area contributed by atoms with Crippen LogP contribution in [-0.2, 0) is 6.42 Å². The summed E-state index contributed by atoms with van der Waals surface area (Å²) in [7, 11) is 0. The number of hydrogen-bond donors (Lipinski definition) is 0. The number of ketones is 1. The lowest BCUT2D eigenvalue weighted by Gasteiger charge is -2.09. The van der Waals surface area contributed by atoms with E-state index in [1.807, 2.05) is 18.2 Å². The van der Waals surface area contributed by atoms with Crippen molar-refractivity contribution in [1.82, 2.24) is 0 Å². The van der Waals surface area contributed by atoms with E-state index in [1.54, 1.807) is 0 Å². The Labute approximate surface area is 97.1 Å². The van der Waals surface area contributed by atoms with E-state index in [0.717, 1.165) is 27.8 Å². The van der Waals surface area contributed by atoms with Gasteiger partial charge in [-0.2, -0.15) is 0 Å². The van der Waals surface area contributed by atoms with Crippen LogP contribution >= 0.6 is 15.9 Å². The molecule has 2 rings (SSSR count). The van der Waals surface area contributed by atoms with Crippen molar-refractivity contribution in [3.8, 4) is 5.75 Å². The quantitative estimate of drug-likeness (QED) is 0.841. The van der Waals surface area contributed by atoms with Crippen LogP contribution < -0.4 is 4.74 Å². The van der Waals surface area contributed by atoms with Gasteiger partial charge in [0.15, 0.2) is 5.78 Å². The smallest absolute Gasteiger partial charge is 0.163 e. The maximum Gasteiger partial charge on any atom is 0.163 e. The van der Waals surface area contributed by atoms with Crippen LogP contribution in [0.2, 0.25) is 0 Å². The highest BCUT2D eigenvalue weighted by atomic mass is 79.9. The molecule has 0 aromatic heterocycles. The van der Waals surface area contributed by atoms with Crippen molar-refractivity contribution in [3.05, 3.63) is 40.4 Å². The van der Waals surface area contributed by atoms with E-state index in [0.29, 0.717) is 13.0 Å². The standard InChI is InChI=1S/C12H11BrO2/c1-8(13)7-15-12-4-2-3-9-10(12)5-6-11(9)14/h2-4H,1,5-7H2. The summed E-state index contributed by atoms with van der Waals surface area (Å²) in [5.41, 5.74) is 1.85. The Morgan fingerprint density at radius 1 is 1.47 bits per heavy atom. The number of carbonyl (C=O) groups is 1. The first kappa shape index (κ1) is 10.4. The maximum absolute atomic E-state index is 11.5. The summed E-state index contributed by atoms with van der Waals surface area (Å²) in [6.07, 6.45) is 1.39. The molecule has 0 saturated carbocycles. The summed E-state index contributed by atoms with van der Waals surface area (Å²) in [5.74, 6) is 1.02. The fourth-order valence-corrected chi connectivity index (χ4v) is 1.86. The Morgan fingerprint density at radius 2 is 2.27 bits per heavy atom. The SMILES string of the molecule is C=C(Br)COc1cccc2c1CCC2=O. The number of fused-ring (bicyclic) bond motifs is 1. The Hall–Kier alpha value is -1.09. The average Bonchev–Trinajstić information content (AvgIpc) is 2.58. The first-order chi connectivity index (χ1) is 7.18. The van der Waals surface area contributed by atoms with E-state index >= 15 is 0 Å². The Bertz CT molecular complexity index is 424. The molecule has 0 saturated heterocycles. The van der Waals surface area contributed by atoms with Crippen LogP contribution in [0.5, 0.6) is 5.75 Å². The second kappa shape index (κ2) is 4.19. The van der Waals surface area contributed by atoms with Gasteiger partial charge in [-0.25, -0.2) is 0 Å². The third-order valence-electron chi connectivity index (χ3n) is 2.42. The van der Waals surface area contributed by atoms with Crippen LogP contribution in [0.1, 0.15) is 22.3 Å². The summed E-state index contributed by atoms with van der Waals surface area (Å²) < 4.78 is 6.36. The number of Topliss-reactive ketones (excluding diaryl/α,β-unsaturated/α-hetero) is 1. The van der Waals surface area contributed by atoms with Crippen LogP contribution in [0.15, 0.2) is 29.3 Å². The van der Waals surface area contributed by atoms with Crippen molar-refractivity contribution in [2.75, 3.05) is 6.61 Å². The molecule has 1 aromatic rings. The minimum atomic E-state index is 0.216. The Balaban J connectivity index is 2.26. The average molecular weight is 267 g/mol. The largest absolute Gasteiger partial charge is 0.488 e. The summed E-state index contributed by atoms with van der Waals surface area (Å²) in [6.45, 7) is 4.14. The highest BCUT2D eigenvalue weighted by Gasteiger charge is 2.22. The molecule has 0 bridgehead atoms. The minimum absolute atomic E-state index is 0.216. The molecule has 2 nitrogen and oxygen atoms in total. The lowest BCUT2D eigenvalue weighted by atomic mass is 10.1. The van der Waals surface area contributed by atoms with E-state index in [9.17, 15) is 4.79 Å². The molecule has 0 spiro atoms. The van der Waals surface area contributed by atoms with Crippen LogP contribution in [0.25, 0.3) is 0 Å². The minimum Gasteiger partial charge on any atom is -0.488 e. The predicted octanol–water partition coefficient (Wildman–Crippen LogP) is 3.10. The number of halogens is 1. The molecule has 1 aliphatic carbocycles. The zero-order valence-electron chi connectivity index (χ0n) is 8.25. The Morgan fingerprint density at radius 3 is 3.00 bits per heavy atom. The van der Waals surface area contributed by atoms with Crippen LogP contribution in [-0.4, -0.2) is 12.4 Å². The van der Waals surface area contributed by atoms with Crippen LogP contribution in [0.3, 0.4) is 0 Å². The van der Waals surface area contributed by atoms with Crippen molar-refractivity contribution < 1.29 is 9.53 Å². The van der Waals surface area contributed by atoms with E-state index in [2.05, 4.69) is 22.5 Å². The maximum atomic E-state index is 11.5. The zero-order chi connectivity index (χ0) is 10.8. The van der Waals surface area contributed by atoms with Crippen molar-refractivity contribution >= 4 is 21.7 Å². The van der Waals surface area contributed by atoms with E-state index in [1.165, 1.54) is 0 Å². The molecule has 0 atom stereocenters. The topological polar surface area (TPSA) is 26.3 Å². The molecule has 0 amide bonds. The monoisotopic (exact) mass is 266 g/mol. The van der Waals surface area contributed by atoms with Gasteiger partial charge in [-0.15, -0.1) is 0 Å². The first-order valence-corrected chi connectivity index (χ1v) is 5.59. The van der Waals surface area contributed by atoms with Gasteiger partial charge in [-0.05, 0) is 12.5 Å². The fraction of sp³-hybridized carbons (Fsp3) is 0.250. The molecule has 0 N–H and O–H groups in total. The van der Waals surface area contributed by atoms with Gasteiger partial charge in [-0.1, -0.05) is 34.6 Å². The number of carbonyl (C=O) groups excluding carboxylic acids is 1. The lowest BCUT2D eigenvalue weighted by Crippen LogP contribution is -1.99. The van der Waals surface area contributed by atoms with Gasteiger partial charge in [0.2, 0.25) is 0 Å². The second-order valence-electron chi connectivity index (χ2n) is 3.51. The summed E-state index contributed by atoms with van der Waals surface area (Å²) in [4.78, 5) is 11.5. The van der Waals surface area contributed by atoms with Crippen molar-refractivity contribution in [3.63, 3.8) is 0 Å². The van der Waals surface area contributed by atoms with E-state index in [4.69, 9.17) is 4.74 Å². The molecule has 0 heterocycles. The normalized spacial score (nSPS) is 13.8. The predicted molar refractivity (Wildman–Crippen MR) is 62.7 cm³/mol. The molecule has 0 unspecified atom stereocenters. The lowest BCUT2D eigenvalue weighted by molar-refractivity contribution is 0.0994. The third-order valence-corrected chi connectivity index (χ3v) is 2.65. The number of benzene rings is 1. The van der Waals surface area contributed by atoms with Crippen LogP contribution in [0.4, 0.5) is 0 Å². The number of ether oxygens (including phenoxy) is 1. The third kappa shape index (κ3) is 2.12. The molecule has 0 radical (unpaired) electrons.